The standard InChI is InChI=1S/C48H29N3/c1-2-11-30(12-3-1)31-21-23-32(24-22-31)49-41-19-8-5-14-38(41)46-43(49)27-28-44-47(46)39-15-6-9-20-42(39)50(44)33-25-26-35-37-17-10-16-36-34-13-4-7-18-40(34)51(48(36)37)45(35)29-33/h1-29H. The minimum absolute atomic E-state index is 1.16. The van der Waals surface area contributed by atoms with Gasteiger partial charge < -0.3 is 13.5 Å². The van der Waals surface area contributed by atoms with Gasteiger partial charge >= 0.3 is 0 Å². The molecule has 51 heavy (non-hydrogen) atoms. The van der Waals surface area contributed by atoms with Crippen LogP contribution in [0.25, 0.3) is 104 Å². The molecule has 0 spiro atoms. The number of rotatable bonds is 3. The molecule has 0 unspecified atom stereocenters. The van der Waals surface area contributed by atoms with Crippen molar-refractivity contribution in [3.05, 3.63) is 176 Å². The van der Waals surface area contributed by atoms with Gasteiger partial charge in [-0.1, -0.05) is 121 Å². The first kappa shape index (κ1) is 27.0. The molecule has 0 aliphatic rings. The van der Waals surface area contributed by atoms with Crippen LogP contribution < -0.4 is 0 Å². The van der Waals surface area contributed by atoms with Crippen molar-refractivity contribution < 1.29 is 0 Å². The van der Waals surface area contributed by atoms with Gasteiger partial charge in [0.05, 0.1) is 38.6 Å². The van der Waals surface area contributed by atoms with Crippen LogP contribution in [0.2, 0.25) is 0 Å². The van der Waals surface area contributed by atoms with Crippen molar-refractivity contribution in [1.82, 2.24) is 13.5 Å². The van der Waals surface area contributed by atoms with Gasteiger partial charge in [0.1, 0.15) is 0 Å². The number of hydrogen-bond acceptors (Lipinski definition) is 0. The van der Waals surface area contributed by atoms with Crippen LogP contribution in [0.5, 0.6) is 0 Å². The number of benzene rings is 8. The van der Waals surface area contributed by atoms with Gasteiger partial charge in [0.25, 0.3) is 0 Å². The monoisotopic (exact) mass is 647 g/mol. The third-order valence-corrected chi connectivity index (χ3v) is 11.2. The highest BCUT2D eigenvalue weighted by atomic mass is 15.0. The predicted molar refractivity (Wildman–Crippen MR) is 215 cm³/mol. The molecule has 4 aromatic heterocycles. The van der Waals surface area contributed by atoms with E-state index in [1.165, 1.54) is 98.5 Å². The molecule has 0 radical (unpaired) electrons. The summed E-state index contributed by atoms with van der Waals surface area (Å²) >= 11 is 0. The van der Waals surface area contributed by atoms with Crippen LogP contribution >= 0.6 is 0 Å². The summed E-state index contributed by atoms with van der Waals surface area (Å²) in [5.74, 6) is 0. The van der Waals surface area contributed by atoms with E-state index in [1.807, 2.05) is 0 Å². The normalized spacial score (nSPS) is 12.3. The van der Waals surface area contributed by atoms with Gasteiger partial charge in [-0.15, -0.1) is 0 Å². The van der Waals surface area contributed by atoms with E-state index in [0.717, 1.165) is 5.69 Å². The summed E-state index contributed by atoms with van der Waals surface area (Å²) in [6.45, 7) is 0. The highest BCUT2D eigenvalue weighted by Crippen LogP contribution is 2.44. The number of hydrogen-bond donors (Lipinski definition) is 0. The van der Waals surface area contributed by atoms with Crippen molar-refractivity contribution in [2.75, 3.05) is 0 Å². The van der Waals surface area contributed by atoms with Gasteiger partial charge in [0.15, 0.2) is 0 Å². The van der Waals surface area contributed by atoms with Gasteiger partial charge in [0, 0.05) is 54.5 Å². The SMILES string of the molecule is c1ccc(-c2ccc(-n3c4ccccc4c4c5c6ccccc6n(-c6ccc7c8cccc9c%10ccccc%10n(c7c6)c98)c5ccc43)cc2)cc1. The second kappa shape index (κ2) is 9.87. The lowest BCUT2D eigenvalue weighted by atomic mass is 10.1. The van der Waals surface area contributed by atoms with Crippen LogP contribution in [0, 0.1) is 0 Å². The maximum Gasteiger partial charge on any atom is 0.0620 e. The molecule has 0 aliphatic heterocycles. The van der Waals surface area contributed by atoms with Crippen molar-refractivity contribution in [1.29, 1.82) is 0 Å². The van der Waals surface area contributed by atoms with Crippen LogP contribution in [0.1, 0.15) is 0 Å². The Morgan fingerprint density at radius 3 is 1.43 bits per heavy atom. The average Bonchev–Trinajstić information content (AvgIpc) is 3.92. The van der Waals surface area contributed by atoms with Crippen LogP contribution in [0.4, 0.5) is 0 Å². The average molecular weight is 648 g/mol. The van der Waals surface area contributed by atoms with Gasteiger partial charge in [0.2, 0.25) is 0 Å². The van der Waals surface area contributed by atoms with Crippen molar-refractivity contribution >= 4 is 81.7 Å². The lowest BCUT2D eigenvalue weighted by Gasteiger charge is -2.11. The summed E-state index contributed by atoms with van der Waals surface area (Å²) in [5, 5.41) is 10.3. The number of fused-ring (bicyclic) bond motifs is 13. The fourth-order valence-corrected chi connectivity index (χ4v) is 9.07. The van der Waals surface area contributed by atoms with Crippen molar-refractivity contribution in [2.45, 2.75) is 0 Å². The molecule has 236 valence electrons. The molecule has 0 amide bonds. The van der Waals surface area contributed by atoms with E-state index in [1.54, 1.807) is 0 Å². The van der Waals surface area contributed by atoms with E-state index < -0.39 is 0 Å². The zero-order chi connectivity index (χ0) is 33.2. The largest absolute Gasteiger partial charge is 0.309 e. The zero-order valence-corrected chi connectivity index (χ0v) is 27.6. The smallest absolute Gasteiger partial charge is 0.0620 e. The summed E-state index contributed by atoms with van der Waals surface area (Å²) in [6, 6.07) is 64.6. The maximum atomic E-state index is 2.47. The molecule has 0 saturated carbocycles. The maximum absolute atomic E-state index is 2.47. The van der Waals surface area contributed by atoms with Gasteiger partial charge in [-0.25, -0.2) is 0 Å². The first-order chi connectivity index (χ1) is 25.3. The Bertz CT molecular complexity index is 3340. The number of nitrogens with zero attached hydrogens (tertiary/aromatic N) is 3. The number of para-hydroxylation sites is 4. The summed E-state index contributed by atoms with van der Waals surface area (Å²) in [7, 11) is 0. The second-order valence-electron chi connectivity index (χ2n) is 13.7. The van der Waals surface area contributed by atoms with Gasteiger partial charge in [-0.3, -0.25) is 0 Å². The molecule has 12 aromatic rings. The van der Waals surface area contributed by atoms with Gasteiger partial charge in [-0.05, 0) is 65.7 Å². The summed E-state index contributed by atoms with van der Waals surface area (Å²) in [6.07, 6.45) is 0. The minimum atomic E-state index is 1.16. The summed E-state index contributed by atoms with van der Waals surface area (Å²) < 4.78 is 7.37. The molecule has 3 heteroatoms. The Hall–Kier alpha value is -6.84. The van der Waals surface area contributed by atoms with E-state index in [4.69, 9.17) is 0 Å². The van der Waals surface area contributed by atoms with E-state index >= 15 is 0 Å². The molecule has 0 fully saturated rings. The molecule has 12 rings (SSSR count). The Kier molecular flexibility index (Phi) is 5.23. The van der Waals surface area contributed by atoms with Crippen LogP contribution in [-0.4, -0.2) is 13.5 Å². The fourth-order valence-electron chi connectivity index (χ4n) is 9.07. The topological polar surface area (TPSA) is 14.3 Å². The molecule has 4 heterocycles. The van der Waals surface area contributed by atoms with E-state index in [-0.39, 0.29) is 0 Å². The van der Waals surface area contributed by atoms with Crippen LogP contribution in [0.15, 0.2) is 176 Å². The van der Waals surface area contributed by atoms with Crippen molar-refractivity contribution in [3.8, 4) is 22.5 Å². The molecular formula is C48H29N3. The molecular weight excluding hydrogens is 619 g/mol. The summed E-state index contributed by atoms with van der Waals surface area (Å²) in [4.78, 5) is 0. The van der Waals surface area contributed by atoms with Gasteiger partial charge in [-0.2, -0.15) is 0 Å². The summed E-state index contributed by atoms with van der Waals surface area (Å²) in [5.41, 5.74) is 13.4. The lowest BCUT2D eigenvalue weighted by Crippen LogP contribution is -1.95. The predicted octanol–water partition coefficient (Wildman–Crippen LogP) is 12.7. The Morgan fingerprint density at radius 1 is 0.275 bits per heavy atom. The van der Waals surface area contributed by atoms with Crippen LogP contribution in [0.3, 0.4) is 0 Å². The fraction of sp³-hybridized carbons (Fsp3) is 0. The highest BCUT2D eigenvalue weighted by molar-refractivity contribution is 6.29. The molecule has 0 saturated heterocycles. The van der Waals surface area contributed by atoms with Crippen molar-refractivity contribution in [3.63, 3.8) is 0 Å². The van der Waals surface area contributed by atoms with E-state index in [2.05, 4.69) is 189 Å². The zero-order valence-electron chi connectivity index (χ0n) is 27.6. The molecule has 0 aliphatic carbocycles. The molecule has 0 atom stereocenters. The Morgan fingerprint density at radius 2 is 0.765 bits per heavy atom. The Balaban J connectivity index is 1.15. The number of aromatic nitrogens is 3. The minimum Gasteiger partial charge on any atom is -0.309 e. The Labute approximate surface area is 292 Å². The molecule has 8 aromatic carbocycles. The third kappa shape index (κ3) is 3.52. The molecule has 0 bridgehead atoms. The quantitative estimate of drug-likeness (QED) is 0.181. The second-order valence-corrected chi connectivity index (χ2v) is 13.7. The molecule has 0 N–H and O–H groups in total. The van der Waals surface area contributed by atoms with Crippen LogP contribution in [-0.2, 0) is 0 Å². The first-order valence-electron chi connectivity index (χ1n) is 17.6. The van der Waals surface area contributed by atoms with E-state index in [9.17, 15) is 0 Å². The lowest BCUT2D eigenvalue weighted by molar-refractivity contribution is 1.17. The highest BCUT2D eigenvalue weighted by Gasteiger charge is 2.22. The first-order valence-corrected chi connectivity index (χ1v) is 17.6. The molecule has 3 nitrogen and oxygen atoms in total. The van der Waals surface area contributed by atoms with E-state index in [0.29, 0.717) is 0 Å². The third-order valence-electron chi connectivity index (χ3n) is 11.2. The van der Waals surface area contributed by atoms with Crippen molar-refractivity contribution in [2.24, 2.45) is 0 Å².